The lowest BCUT2D eigenvalue weighted by molar-refractivity contribution is 0.162. The smallest absolute Gasteiger partial charge is 0.172 e. The first-order chi connectivity index (χ1) is 7.72. The van der Waals surface area contributed by atoms with Crippen molar-refractivity contribution in [3.8, 4) is 0 Å². The van der Waals surface area contributed by atoms with Gasteiger partial charge in [-0.1, -0.05) is 42.3 Å². The maximum atomic E-state index is 11.8. The third-order valence-electron chi connectivity index (χ3n) is 2.64. The molecule has 17 heavy (non-hydrogen) atoms. The van der Waals surface area contributed by atoms with Crippen LogP contribution >= 0.6 is 23.2 Å². The van der Waals surface area contributed by atoms with Crippen LogP contribution in [0.4, 0.5) is 0 Å². The highest BCUT2D eigenvalue weighted by Gasteiger charge is 2.43. The second-order valence-corrected chi connectivity index (χ2v) is 7.95. The fraction of sp³-hybridized carbons (Fsp3) is 0.455. The largest absolute Gasteiger partial charge is 0.385 e. The van der Waals surface area contributed by atoms with Crippen LogP contribution in [0.2, 0.25) is 5.02 Å². The van der Waals surface area contributed by atoms with E-state index in [9.17, 15) is 13.5 Å². The summed E-state index contributed by atoms with van der Waals surface area (Å²) in [5.74, 6) is -0.134. The highest BCUT2D eigenvalue weighted by atomic mass is 35.5. The van der Waals surface area contributed by atoms with E-state index >= 15 is 0 Å². The van der Waals surface area contributed by atoms with Crippen molar-refractivity contribution in [1.29, 1.82) is 0 Å². The summed E-state index contributed by atoms with van der Waals surface area (Å²) in [4.78, 5) is 0. The molecule has 3 nitrogen and oxygen atoms in total. The third-order valence-corrected chi connectivity index (χ3v) is 5.99. The van der Waals surface area contributed by atoms with E-state index in [1.54, 1.807) is 18.2 Å². The average Bonchev–Trinajstić information content (AvgIpc) is 2.27. The Morgan fingerprint density at radius 1 is 1.47 bits per heavy atom. The van der Waals surface area contributed by atoms with E-state index in [-0.39, 0.29) is 5.75 Å². The molecule has 1 N–H and O–H groups in total. The van der Waals surface area contributed by atoms with Crippen LogP contribution < -0.4 is 0 Å². The van der Waals surface area contributed by atoms with Crippen molar-refractivity contribution in [2.45, 2.75) is 24.2 Å². The zero-order valence-electron chi connectivity index (χ0n) is 9.52. The predicted octanol–water partition coefficient (Wildman–Crippen LogP) is 2.76. The van der Waals surface area contributed by atoms with Crippen LogP contribution in [-0.2, 0) is 9.84 Å². The van der Waals surface area contributed by atoms with Gasteiger partial charge in [0.25, 0.3) is 0 Å². The van der Waals surface area contributed by atoms with E-state index in [0.29, 0.717) is 10.6 Å². The van der Waals surface area contributed by atoms with Crippen molar-refractivity contribution in [3.63, 3.8) is 0 Å². The number of hydrogen-bond acceptors (Lipinski definition) is 3. The Kier molecular flexibility index (Phi) is 4.47. The highest BCUT2D eigenvalue weighted by Crippen LogP contribution is 2.37. The zero-order valence-corrected chi connectivity index (χ0v) is 11.9. The van der Waals surface area contributed by atoms with Gasteiger partial charge in [0, 0.05) is 10.8 Å². The number of rotatable bonds is 4. The number of halogens is 2. The van der Waals surface area contributed by atoms with Crippen molar-refractivity contribution in [2.75, 3.05) is 5.75 Å². The molecule has 0 fully saturated rings. The highest BCUT2D eigenvalue weighted by molar-refractivity contribution is 7.94. The Bertz CT molecular complexity index is 497. The van der Waals surface area contributed by atoms with Crippen molar-refractivity contribution in [3.05, 3.63) is 34.9 Å². The second kappa shape index (κ2) is 5.14. The Morgan fingerprint density at radius 2 is 2.06 bits per heavy atom. The normalized spacial score (nSPS) is 17.5. The molecule has 0 aromatic heterocycles. The summed E-state index contributed by atoms with van der Waals surface area (Å²) >= 11 is 11.8. The zero-order chi connectivity index (χ0) is 13.3. The van der Waals surface area contributed by atoms with Gasteiger partial charge in [-0.05, 0) is 24.6 Å². The van der Waals surface area contributed by atoms with Gasteiger partial charge in [-0.25, -0.2) is 8.42 Å². The van der Waals surface area contributed by atoms with Crippen LogP contribution in [0.5, 0.6) is 0 Å². The molecule has 0 radical (unpaired) electrons. The molecule has 0 spiro atoms. The van der Waals surface area contributed by atoms with E-state index in [1.807, 2.05) is 0 Å². The van der Waals surface area contributed by atoms with Crippen LogP contribution in [0.15, 0.2) is 24.3 Å². The number of hydrogen-bond donors (Lipinski definition) is 1. The standard InChI is InChI=1S/C11H14Cl2O3S/c1-3-17(15,16)11(2,13)10(14)8-5-4-6-9(12)7-8/h4-7,10,14H,3H2,1-2H3/t10-,11-/m1/s1. The van der Waals surface area contributed by atoms with Crippen molar-refractivity contribution >= 4 is 33.0 Å². The lowest BCUT2D eigenvalue weighted by Gasteiger charge is -2.27. The van der Waals surface area contributed by atoms with E-state index in [2.05, 4.69) is 0 Å². The molecule has 0 aliphatic heterocycles. The minimum absolute atomic E-state index is 0.134. The van der Waals surface area contributed by atoms with Gasteiger partial charge in [-0.15, -0.1) is 0 Å². The van der Waals surface area contributed by atoms with E-state index < -0.39 is 20.1 Å². The van der Waals surface area contributed by atoms with E-state index in [4.69, 9.17) is 23.2 Å². The van der Waals surface area contributed by atoms with Crippen molar-refractivity contribution in [1.82, 2.24) is 0 Å². The number of aliphatic hydroxyl groups excluding tert-OH is 1. The van der Waals surface area contributed by atoms with Gasteiger partial charge in [-0.3, -0.25) is 0 Å². The molecular formula is C11H14Cl2O3S. The van der Waals surface area contributed by atoms with Crippen LogP contribution in [0.3, 0.4) is 0 Å². The SMILES string of the molecule is CCS(=O)(=O)[C@@](C)(Cl)[C@H](O)c1cccc(Cl)c1. The number of sulfone groups is 1. The average molecular weight is 297 g/mol. The molecule has 0 heterocycles. The molecule has 0 saturated carbocycles. The molecule has 1 rings (SSSR count). The van der Waals surface area contributed by atoms with Crippen molar-refractivity contribution < 1.29 is 13.5 Å². The summed E-state index contributed by atoms with van der Waals surface area (Å²) in [5, 5.41) is 10.5. The summed E-state index contributed by atoms with van der Waals surface area (Å²) in [6.07, 6.45) is -1.33. The summed E-state index contributed by atoms with van der Waals surface area (Å²) < 4.78 is 21.8. The van der Waals surface area contributed by atoms with Gasteiger partial charge in [0.1, 0.15) is 6.10 Å². The van der Waals surface area contributed by atoms with E-state index in [0.717, 1.165) is 0 Å². The number of benzene rings is 1. The Labute approximate surface area is 111 Å². The minimum atomic E-state index is -3.59. The fourth-order valence-corrected chi connectivity index (χ4v) is 3.12. The minimum Gasteiger partial charge on any atom is -0.385 e. The first kappa shape index (κ1) is 14.8. The third kappa shape index (κ3) is 2.94. The van der Waals surface area contributed by atoms with Crippen LogP contribution in [0.1, 0.15) is 25.5 Å². The summed E-state index contributed by atoms with van der Waals surface area (Å²) in [6.45, 7) is 2.78. The lowest BCUT2D eigenvalue weighted by atomic mass is 10.1. The molecule has 0 saturated heterocycles. The quantitative estimate of drug-likeness (QED) is 0.869. The lowest BCUT2D eigenvalue weighted by Crippen LogP contribution is -2.37. The van der Waals surface area contributed by atoms with Crippen LogP contribution in [-0.4, -0.2) is 23.5 Å². The summed E-state index contributed by atoms with van der Waals surface area (Å²) in [5.41, 5.74) is 0.382. The molecule has 0 aliphatic carbocycles. The summed E-state index contributed by atoms with van der Waals surface area (Å²) in [7, 11) is -3.59. The molecule has 0 amide bonds. The topological polar surface area (TPSA) is 54.4 Å². The second-order valence-electron chi connectivity index (χ2n) is 3.85. The molecule has 96 valence electrons. The maximum Gasteiger partial charge on any atom is 0.172 e. The molecule has 0 aliphatic rings. The van der Waals surface area contributed by atoms with Gasteiger partial charge in [0.05, 0.1) is 0 Å². The number of aliphatic hydroxyl groups is 1. The first-order valence-electron chi connectivity index (χ1n) is 5.07. The molecule has 0 unspecified atom stereocenters. The van der Waals surface area contributed by atoms with Gasteiger partial charge in [0.15, 0.2) is 14.0 Å². The Morgan fingerprint density at radius 3 is 2.53 bits per heavy atom. The maximum absolute atomic E-state index is 11.8. The van der Waals surface area contributed by atoms with Gasteiger partial charge >= 0.3 is 0 Å². The van der Waals surface area contributed by atoms with Crippen LogP contribution in [0.25, 0.3) is 0 Å². The fourth-order valence-electron chi connectivity index (χ4n) is 1.43. The van der Waals surface area contributed by atoms with Gasteiger partial charge in [0.2, 0.25) is 0 Å². The number of alkyl halides is 1. The molecule has 2 atom stereocenters. The molecule has 1 aromatic carbocycles. The monoisotopic (exact) mass is 296 g/mol. The van der Waals surface area contributed by atoms with E-state index in [1.165, 1.54) is 19.9 Å². The molecule has 6 heteroatoms. The first-order valence-corrected chi connectivity index (χ1v) is 7.48. The molecular weight excluding hydrogens is 283 g/mol. The van der Waals surface area contributed by atoms with Crippen LogP contribution in [0, 0.1) is 0 Å². The Hall–Kier alpha value is -0.290. The van der Waals surface area contributed by atoms with Gasteiger partial charge in [-0.2, -0.15) is 0 Å². The van der Waals surface area contributed by atoms with Crippen molar-refractivity contribution in [2.24, 2.45) is 0 Å². The molecule has 1 aromatic rings. The van der Waals surface area contributed by atoms with Gasteiger partial charge < -0.3 is 5.11 Å². The predicted molar refractivity (Wildman–Crippen MR) is 70.1 cm³/mol. The Balaban J connectivity index is 3.17. The summed E-state index contributed by atoms with van der Waals surface area (Å²) in [6, 6.07) is 6.35. The molecule has 0 bridgehead atoms.